The van der Waals surface area contributed by atoms with Gasteiger partial charge in [-0.1, -0.05) is 25.9 Å². The van der Waals surface area contributed by atoms with Gasteiger partial charge in [-0.15, -0.1) is 0 Å². The van der Waals surface area contributed by atoms with Gasteiger partial charge in [0, 0.05) is 17.3 Å². The molecule has 5 nitrogen and oxygen atoms in total. The predicted molar refractivity (Wildman–Crippen MR) is 85.2 cm³/mol. The van der Waals surface area contributed by atoms with Crippen LogP contribution in [-0.4, -0.2) is 11.1 Å². The fourth-order valence-corrected chi connectivity index (χ4v) is 1.84. The van der Waals surface area contributed by atoms with Crippen LogP contribution in [0.3, 0.4) is 0 Å². The Hall–Kier alpha value is -1.88. The highest BCUT2D eigenvalue weighted by atomic mass is 35.5. The van der Waals surface area contributed by atoms with E-state index < -0.39 is 0 Å². The minimum atomic E-state index is 0. The van der Waals surface area contributed by atoms with Crippen molar-refractivity contribution in [3.8, 4) is 0 Å². The van der Waals surface area contributed by atoms with Crippen molar-refractivity contribution in [2.45, 2.75) is 20.8 Å². The Morgan fingerprint density at radius 2 is 1.77 bits per heavy atom. The highest BCUT2D eigenvalue weighted by Crippen LogP contribution is 2.20. The van der Waals surface area contributed by atoms with Gasteiger partial charge in [0.2, 0.25) is 0 Å². The van der Waals surface area contributed by atoms with Crippen molar-refractivity contribution >= 4 is 17.3 Å². The summed E-state index contributed by atoms with van der Waals surface area (Å²) in [5.74, 6) is 0.810. The maximum absolute atomic E-state index is 4.28. The molecule has 0 saturated carbocycles. The summed E-state index contributed by atoms with van der Waals surface area (Å²) in [4.78, 5) is 0. The Kier molecular flexibility index (Phi) is 6.11. The summed E-state index contributed by atoms with van der Waals surface area (Å²) in [7, 11) is 3.90. The number of nitrogens with zero attached hydrogens (tertiary/aromatic N) is 4. The Bertz CT molecular complexity index is 603. The lowest BCUT2D eigenvalue weighted by Crippen LogP contribution is -3.00. The topological polar surface area (TPSA) is 45.6 Å². The number of azo groups is 1. The Morgan fingerprint density at radius 1 is 1.14 bits per heavy atom. The van der Waals surface area contributed by atoms with E-state index in [0.29, 0.717) is 0 Å². The molecule has 0 atom stereocenters. The predicted octanol–water partition coefficient (Wildman–Crippen LogP) is 0.727. The Balaban J connectivity index is 0.00000242. The van der Waals surface area contributed by atoms with Crippen LogP contribution in [0.15, 0.2) is 46.9 Å². The molecule has 6 heteroatoms. The second kappa shape index (κ2) is 7.40. The fourth-order valence-electron chi connectivity index (χ4n) is 1.84. The third kappa shape index (κ3) is 5.15. The molecule has 1 aromatic carbocycles. The van der Waals surface area contributed by atoms with Crippen LogP contribution in [-0.2, 0) is 14.1 Å². The molecule has 0 fully saturated rings. The molecule has 0 aliphatic rings. The molecule has 0 unspecified atom stereocenters. The number of hydrogen-bond donors (Lipinski definition) is 1. The maximum atomic E-state index is 4.28. The quantitative estimate of drug-likeness (QED) is 0.655. The average Bonchev–Trinajstić information content (AvgIpc) is 2.74. The summed E-state index contributed by atoms with van der Waals surface area (Å²) in [5.41, 5.74) is 2.21. The molecule has 2 rings (SSSR count). The van der Waals surface area contributed by atoms with Crippen LogP contribution in [0.1, 0.15) is 20.8 Å². The summed E-state index contributed by atoms with van der Waals surface area (Å²) in [6.45, 7) is 7.57. The molecule has 1 N–H and O–H groups in total. The zero-order chi connectivity index (χ0) is 15.5. The standard InChI is InChI=1S/C16H23N5.ClH/c1-16(2,3)12-17-13-6-8-14(9-7-13)18-19-15-20(4)10-11-21(15)5;/h6-11H,12H2,1-5H3;1H. The second-order valence-corrected chi connectivity index (χ2v) is 6.48. The molecule has 0 radical (unpaired) electrons. The first kappa shape index (κ1) is 18.2. The summed E-state index contributed by atoms with van der Waals surface area (Å²) < 4.78 is 3.87. The molecular formula is C16H24ClN5. The summed E-state index contributed by atoms with van der Waals surface area (Å²) in [6.07, 6.45) is 3.90. The minimum Gasteiger partial charge on any atom is -1.00 e. The number of hydrogen-bond acceptors (Lipinski definition) is 3. The highest BCUT2D eigenvalue weighted by molar-refractivity contribution is 5.50. The fraction of sp³-hybridized carbons (Fsp3) is 0.438. The van der Waals surface area contributed by atoms with Crippen molar-refractivity contribution in [1.29, 1.82) is 0 Å². The molecule has 0 aliphatic carbocycles. The van der Waals surface area contributed by atoms with Gasteiger partial charge in [0.05, 0.1) is 26.5 Å². The number of anilines is 1. The molecule has 2 aromatic rings. The number of benzene rings is 1. The third-order valence-corrected chi connectivity index (χ3v) is 3.09. The molecule has 120 valence electrons. The van der Waals surface area contributed by atoms with Crippen LogP contribution >= 0.6 is 0 Å². The molecule has 1 heterocycles. The number of rotatable bonds is 4. The highest BCUT2D eigenvalue weighted by Gasteiger charge is 2.11. The van der Waals surface area contributed by atoms with Crippen LogP contribution in [0.4, 0.5) is 17.3 Å². The van der Waals surface area contributed by atoms with E-state index >= 15 is 0 Å². The lowest BCUT2D eigenvalue weighted by atomic mass is 9.97. The molecule has 0 saturated heterocycles. The van der Waals surface area contributed by atoms with Gasteiger partial charge in [0.25, 0.3) is 0 Å². The van der Waals surface area contributed by atoms with E-state index in [1.807, 2.05) is 59.9 Å². The number of aromatic nitrogens is 2. The number of nitrogens with one attached hydrogen (secondary N) is 1. The maximum Gasteiger partial charge on any atom is 0.421 e. The van der Waals surface area contributed by atoms with E-state index in [1.165, 1.54) is 0 Å². The summed E-state index contributed by atoms with van der Waals surface area (Å²) >= 11 is 0. The van der Waals surface area contributed by atoms with Crippen LogP contribution in [0.2, 0.25) is 0 Å². The summed E-state index contributed by atoms with van der Waals surface area (Å²) in [5, 5.41) is 12.0. The van der Waals surface area contributed by atoms with Gasteiger partial charge in [-0.05, 0) is 29.7 Å². The van der Waals surface area contributed by atoms with Gasteiger partial charge in [-0.25, -0.2) is 9.13 Å². The third-order valence-electron chi connectivity index (χ3n) is 3.09. The normalized spacial score (nSPS) is 11.5. The van der Waals surface area contributed by atoms with Crippen molar-refractivity contribution in [2.24, 2.45) is 29.7 Å². The monoisotopic (exact) mass is 321 g/mol. The van der Waals surface area contributed by atoms with Crippen molar-refractivity contribution in [2.75, 3.05) is 11.9 Å². The SMILES string of the molecule is Cn1cc[n+](C)c1N=Nc1ccc(NCC(C)(C)C)cc1.[Cl-]. The van der Waals surface area contributed by atoms with Crippen LogP contribution < -0.4 is 22.3 Å². The van der Waals surface area contributed by atoms with Crippen molar-refractivity contribution in [3.05, 3.63) is 36.7 Å². The smallest absolute Gasteiger partial charge is 0.421 e. The Morgan fingerprint density at radius 3 is 2.27 bits per heavy atom. The zero-order valence-electron chi connectivity index (χ0n) is 13.8. The van der Waals surface area contributed by atoms with Gasteiger partial charge in [-0.2, -0.15) is 0 Å². The van der Waals surface area contributed by atoms with E-state index in [2.05, 4.69) is 36.3 Å². The van der Waals surface area contributed by atoms with Gasteiger partial charge in [0.1, 0.15) is 5.69 Å². The van der Waals surface area contributed by atoms with E-state index in [4.69, 9.17) is 0 Å². The lowest BCUT2D eigenvalue weighted by molar-refractivity contribution is -0.657. The molecule has 0 amide bonds. The number of imidazole rings is 1. The molecule has 0 aliphatic heterocycles. The van der Waals surface area contributed by atoms with Crippen molar-refractivity contribution < 1.29 is 17.0 Å². The Labute approximate surface area is 138 Å². The molecule has 0 bridgehead atoms. The van der Waals surface area contributed by atoms with Crippen molar-refractivity contribution in [1.82, 2.24) is 4.57 Å². The van der Waals surface area contributed by atoms with Gasteiger partial charge < -0.3 is 17.7 Å². The van der Waals surface area contributed by atoms with Gasteiger partial charge in [-0.3, -0.25) is 0 Å². The largest absolute Gasteiger partial charge is 1.00 e. The molecule has 0 spiro atoms. The first-order valence-corrected chi connectivity index (χ1v) is 7.12. The van der Waals surface area contributed by atoms with Crippen LogP contribution in [0.5, 0.6) is 0 Å². The first-order chi connectivity index (χ1) is 9.85. The molecule has 22 heavy (non-hydrogen) atoms. The zero-order valence-corrected chi connectivity index (χ0v) is 14.6. The van der Waals surface area contributed by atoms with E-state index in [0.717, 1.165) is 23.9 Å². The van der Waals surface area contributed by atoms with Crippen LogP contribution in [0, 0.1) is 5.41 Å². The number of aryl methyl sites for hydroxylation is 2. The molecule has 1 aromatic heterocycles. The number of halogens is 1. The van der Waals surface area contributed by atoms with E-state index in [9.17, 15) is 0 Å². The van der Waals surface area contributed by atoms with Crippen molar-refractivity contribution in [3.63, 3.8) is 0 Å². The second-order valence-electron chi connectivity index (χ2n) is 6.48. The van der Waals surface area contributed by atoms with Crippen LogP contribution in [0.25, 0.3) is 0 Å². The molecular weight excluding hydrogens is 298 g/mol. The lowest BCUT2D eigenvalue weighted by Gasteiger charge is -2.19. The minimum absolute atomic E-state index is 0. The van der Waals surface area contributed by atoms with E-state index in [1.54, 1.807) is 0 Å². The first-order valence-electron chi connectivity index (χ1n) is 7.12. The van der Waals surface area contributed by atoms with Gasteiger partial charge >= 0.3 is 5.95 Å². The van der Waals surface area contributed by atoms with E-state index in [-0.39, 0.29) is 17.8 Å². The average molecular weight is 322 g/mol. The van der Waals surface area contributed by atoms with Gasteiger partial charge in [0.15, 0.2) is 0 Å². The summed E-state index contributed by atoms with van der Waals surface area (Å²) in [6, 6.07) is 8.01.